The monoisotopic (exact) mass is 539 g/mol. The molecule has 2 aromatic carbocycles. The Morgan fingerprint density at radius 1 is 1.15 bits per heavy atom. The molecule has 0 spiro atoms. The van der Waals surface area contributed by atoms with Crippen molar-refractivity contribution in [2.24, 2.45) is 0 Å². The fourth-order valence-corrected chi connectivity index (χ4v) is 6.51. The van der Waals surface area contributed by atoms with E-state index in [4.69, 9.17) is 4.98 Å². The second-order valence-corrected chi connectivity index (χ2v) is 11.0. The molecule has 0 aliphatic heterocycles. The van der Waals surface area contributed by atoms with E-state index in [2.05, 4.69) is 21.2 Å². The van der Waals surface area contributed by atoms with Crippen LogP contribution in [0.1, 0.15) is 28.8 Å². The molecule has 0 bridgehead atoms. The maximum atomic E-state index is 13.8. The van der Waals surface area contributed by atoms with Gasteiger partial charge in [0, 0.05) is 15.0 Å². The third-order valence-corrected chi connectivity index (χ3v) is 8.45. The third kappa shape index (κ3) is 4.52. The van der Waals surface area contributed by atoms with Crippen molar-refractivity contribution in [1.82, 2.24) is 9.55 Å². The summed E-state index contributed by atoms with van der Waals surface area (Å²) < 4.78 is 2.59. The van der Waals surface area contributed by atoms with Crippen LogP contribution in [0.5, 0.6) is 0 Å². The van der Waals surface area contributed by atoms with Crippen molar-refractivity contribution in [2.75, 3.05) is 11.1 Å². The molecule has 168 valence electrons. The van der Waals surface area contributed by atoms with Crippen molar-refractivity contribution in [3.63, 3.8) is 0 Å². The van der Waals surface area contributed by atoms with Gasteiger partial charge in [-0.15, -0.1) is 11.3 Å². The topological polar surface area (TPSA) is 64.0 Å². The number of fused-ring (bicyclic) bond motifs is 3. The summed E-state index contributed by atoms with van der Waals surface area (Å²) in [5.41, 5.74) is 3.66. The summed E-state index contributed by atoms with van der Waals surface area (Å²) in [5, 5.41) is 4.24. The van der Waals surface area contributed by atoms with Crippen LogP contribution in [-0.4, -0.2) is 21.2 Å². The van der Waals surface area contributed by atoms with Crippen LogP contribution in [0.4, 0.5) is 5.69 Å². The van der Waals surface area contributed by atoms with Crippen molar-refractivity contribution < 1.29 is 4.79 Å². The number of aromatic nitrogens is 2. The van der Waals surface area contributed by atoms with Crippen molar-refractivity contribution in [3.05, 3.63) is 79.4 Å². The number of amides is 1. The number of carbonyl (C=O) groups excluding carboxylic acids is 1. The van der Waals surface area contributed by atoms with Gasteiger partial charge < -0.3 is 5.32 Å². The van der Waals surface area contributed by atoms with Crippen LogP contribution in [0.25, 0.3) is 15.9 Å². The number of hydrogen-bond acceptors (Lipinski definition) is 5. The molecule has 33 heavy (non-hydrogen) atoms. The first kappa shape index (κ1) is 22.4. The van der Waals surface area contributed by atoms with Gasteiger partial charge in [-0.05, 0) is 74.1 Å². The number of para-hydroxylation sites is 1. The SMILES string of the molecule is Cc1ccccc1NC(=O)CSc1nc2sc3c(c2c(=O)n1-c1ccc(Br)cc1)CCCC3. The third-order valence-electron chi connectivity index (χ3n) is 5.79. The Morgan fingerprint density at radius 2 is 1.91 bits per heavy atom. The number of nitrogens with one attached hydrogen (secondary N) is 1. The van der Waals surface area contributed by atoms with E-state index in [1.807, 2.05) is 55.5 Å². The molecule has 5 rings (SSSR count). The van der Waals surface area contributed by atoms with E-state index < -0.39 is 0 Å². The zero-order valence-electron chi connectivity index (χ0n) is 18.1. The standard InChI is InChI=1S/C25H22BrN3O2S2/c1-15-6-2-4-8-19(15)27-21(30)14-32-25-28-23-22(18-7-3-5-9-20(18)33-23)24(31)29(25)17-12-10-16(26)11-13-17/h2,4,6,8,10-13H,3,5,7,9,14H2,1H3,(H,27,30). The lowest BCUT2D eigenvalue weighted by Gasteiger charge is -2.14. The minimum Gasteiger partial charge on any atom is -0.325 e. The number of nitrogens with zero attached hydrogens (tertiary/aromatic N) is 2. The van der Waals surface area contributed by atoms with E-state index in [-0.39, 0.29) is 17.2 Å². The second-order valence-electron chi connectivity index (χ2n) is 8.05. The van der Waals surface area contributed by atoms with Gasteiger partial charge in [0.25, 0.3) is 5.56 Å². The average molecular weight is 541 g/mol. The number of thiophene rings is 1. The first-order valence-corrected chi connectivity index (χ1v) is 13.4. The molecule has 4 aromatic rings. The van der Waals surface area contributed by atoms with Gasteiger partial charge in [-0.2, -0.15) is 0 Å². The Hall–Kier alpha value is -2.42. The summed E-state index contributed by atoms with van der Waals surface area (Å²) in [6, 6.07) is 15.3. The van der Waals surface area contributed by atoms with E-state index in [1.54, 1.807) is 15.9 Å². The molecule has 5 nitrogen and oxygen atoms in total. The van der Waals surface area contributed by atoms with Crippen molar-refractivity contribution in [3.8, 4) is 5.69 Å². The van der Waals surface area contributed by atoms with Gasteiger partial charge in [-0.1, -0.05) is 45.9 Å². The van der Waals surface area contributed by atoms with Crippen LogP contribution in [0.2, 0.25) is 0 Å². The van der Waals surface area contributed by atoms with Gasteiger partial charge in [0.15, 0.2) is 5.16 Å². The largest absolute Gasteiger partial charge is 0.325 e. The smallest absolute Gasteiger partial charge is 0.267 e. The molecule has 0 fully saturated rings. The summed E-state index contributed by atoms with van der Waals surface area (Å²) in [7, 11) is 0. The zero-order chi connectivity index (χ0) is 22.9. The summed E-state index contributed by atoms with van der Waals surface area (Å²) in [4.78, 5) is 33.4. The predicted molar refractivity (Wildman–Crippen MR) is 140 cm³/mol. The number of rotatable bonds is 5. The first-order chi connectivity index (χ1) is 16.0. The number of benzene rings is 2. The maximum absolute atomic E-state index is 13.8. The highest BCUT2D eigenvalue weighted by Gasteiger charge is 2.23. The van der Waals surface area contributed by atoms with Crippen molar-refractivity contribution in [1.29, 1.82) is 0 Å². The fraction of sp³-hybridized carbons (Fsp3) is 0.240. The predicted octanol–water partition coefficient (Wildman–Crippen LogP) is 6.13. The van der Waals surface area contributed by atoms with E-state index in [0.717, 1.165) is 57.3 Å². The van der Waals surface area contributed by atoms with Crippen LogP contribution in [0.15, 0.2) is 63.0 Å². The highest BCUT2D eigenvalue weighted by molar-refractivity contribution is 9.10. The molecule has 8 heteroatoms. The average Bonchev–Trinajstić information content (AvgIpc) is 3.19. The van der Waals surface area contributed by atoms with E-state index in [0.29, 0.717) is 5.16 Å². The lowest BCUT2D eigenvalue weighted by atomic mass is 9.97. The molecule has 1 amide bonds. The molecule has 1 aliphatic carbocycles. The molecule has 1 aliphatic rings. The Labute approximate surface area is 208 Å². The molecule has 0 radical (unpaired) electrons. The normalized spacial score (nSPS) is 13.2. The molecule has 2 aromatic heterocycles. The molecule has 0 unspecified atom stereocenters. The number of anilines is 1. The van der Waals surface area contributed by atoms with Crippen LogP contribution in [0, 0.1) is 6.92 Å². The Bertz CT molecular complexity index is 1410. The highest BCUT2D eigenvalue weighted by atomic mass is 79.9. The summed E-state index contributed by atoms with van der Waals surface area (Å²) in [5.74, 6) is 0.0324. The summed E-state index contributed by atoms with van der Waals surface area (Å²) in [6.45, 7) is 1.96. The molecular weight excluding hydrogens is 518 g/mol. The van der Waals surface area contributed by atoms with Crippen molar-refractivity contribution in [2.45, 2.75) is 37.8 Å². The van der Waals surface area contributed by atoms with Crippen LogP contribution >= 0.6 is 39.0 Å². The van der Waals surface area contributed by atoms with E-state index in [9.17, 15) is 9.59 Å². The molecule has 0 saturated heterocycles. The van der Waals surface area contributed by atoms with Gasteiger partial charge in [0.1, 0.15) is 4.83 Å². The van der Waals surface area contributed by atoms with Gasteiger partial charge in [-0.25, -0.2) is 4.98 Å². The molecule has 0 saturated carbocycles. The Balaban J connectivity index is 1.53. The van der Waals surface area contributed by atoms with Crippen LogP contribution < -0.4 is 10.9 Å². The Kier molecular flexibility index (Phi) is 6.40. The number of thioether (sulfide) groups is 1. The fourth-order valence-electron chi connectivity index (χ4n) is 4.13. The quantitative estimate of drug-likeness (QED) is 0.245. The van der Waals surface area contributed by atoms with E-state index in [1.165, 1.54) is 22.2 Å². The van der Waals surface area contributed by atoms with Gasteiger partial charge in [0.2, 0.25) is 5.91 Å². The molecule has 2 heterocycles. The van der Waals surface area contributed by atoms with Crippen LogP contribution in [-0.2, 0) is 17.6 Å². The minimum absolute atomic E-state index is 0.0523. The molecular formula is C25H22BrN3O2S2. The minimum atomic E-state index is -0.128. The molecule has 1 N–H and O–H groups in total. The Morgan fingerprint density at radius 3 is 2.70 bits per heavy atom. The number of hydrogen-bond donors (Lipinski definition) is 1. The first-order valence-electron chi connectivity index (χ1n) is 10.8. The summed E-state index contributed by atoms with van der Waals surface area (Å²) in [6.07, 6.45) is 4.20. The summed E-state index contributed by atoms with van der Waals surface area (Å²) >= 11 is 6.38. The number of aryl methyl sites for hydroxylation is 3. The zero-order valence-corrected chi connectivity index (χ0v) is 21.3. The van der Waals surface area contributed by atoms with Gasteiger partial charge in [-0.3, -0.25) is 14.2 Å². The second kappa shape index (κ2) is 9.44. The highest BCUT2D eigenvalue weighted by Crippen LogP contribution is 2.35. The molecule has 0 atom stereocenters. The maximum Gasteiger partial charge on any atom is 0.267 e. The van der Waals surface area contributed by atoms with Gasteiger partial charge >= 0.3 is 0 Å². The lowest BCUT2D eigenvalue weighted by molar-refractivity contribution is -0.113. The lowest BCUT2D eigenvalue weighted by Crippen LogP contribution is -2.23. The van der Waals surface area contributed by atoms with Crippen molar-refractivity contribution >= 4 is 60.8 Å². The number of carbonyl (C=O) groups is 1. The van der Waals surface area contributed by atoms with Crippen LogP contribution in [0.3, 0.4) is 0 Å². The van der Waals surface area contributed by atoms with Gasteiger partial charge in [0.05, 0.1) is 16.8 Å². The number of halogens is 1. The van der Waals surface area contributed by atoms with E-state index >= 15 is 0 Å².